The van der Waals surface area contributed by atoms with E-state index in [9.17, 15) is 10.5 Å². The van der Waals surface area contributed by atoms with Crippen molar-refractivity contribution >= 4 is 0 Å². The van der Waals surface area contributed by atoms with E-state index in [0.717, 1.165) is 135 Å². The van der Waals surface area contributed by atoms with Crippen LogP contribution in [0, 0.1) is 22.7 Å². The Morgan fingerprint density at radius 2 is 0.362 bits per heavy atom. The zero-order valence-corrected chi connectivity index (χ0v) is 85.3. The number of nitriles is 2. The molecular weight excluding hydrogens is 1840 g/mol. The van der Waals surface area contributed by atoms with E-state index < -0.39 is 33.0 Å². The minimum atomic E-state index is -0.967. The van der Waals surface area contributed by atoms with Crippen molar-refractivity contribution in [2.24, 2.45) is 0 Å². The second-order valence-corrected chi connectivity index (χ2v) is 35.7. The largest absolute Gasteiger partial charge is 0.497 e. The van der Waals surface area contributed by atoms with Crippen molar-refractivity contribution in [3.05, 3.63) is 616 Å². The Morgan fingerprint density at radius 1 is 0.208 bits per heavy atom. The van der Waals surface area contributed by atoms with E-state index in [1.165, 1.54) is 50.1 Å². The summed E-state index contributed by atoms with van der Waals surface area (Å²) in [5, 5.41) is 37.9. The molecule has 149 heavy (non-hydrogen) atoms. The number of methoxy groups -OCH3 is 8. The van der Waals surface area contributed by atoms with Gasteiger partial charge >= 0.3 is 0 Å². The predicted octanol–water partition coefficient (Wildman–Crippen LogP) is 25.9. The van der Waals surface area contributed by atoms with Gasteiger partial charge in [0.15, 0.2) is 0 Å². The van der Waals surface area contributed by atoms with Crippen LogP contribution >= 0.6 is 0 Å². The fraction of sp³-hybridized carbons (Fsp3) is 0.150. The number of ether oxygens (including phenoxy) is 8. The summed E-state index contributed by atoms with van der Waals surface area (Å²) >= 11 is 0. The lowest BCUT2D eigenvalue weighted by Gasteiger charge is -2.40. The highest BCUT2D eigenvalue weighted by molar-refractivity contribution is 5.62. The van der Waals surface area contributed by atoms with Crippen molar-refractivity contribution in [2.75, 3.05) is 96.1 Å². The number of nitrogens with one attached hydrogen (secondary N) is 3. The van der Waals surface area contributed by atoms with Gasteiger partial charge in [0, 0.05) is 51.7 Å². The fourth-order valence-corrected chi connectivity index (χ4v) is 20.3. The third kappa shape index (κ3) is 22.9. The second kappa shape index (κ2) is 50.8. The Hall–Kier alpha value is -17.6. The van der Waals surface area contributed by atoms with Crippen molar-refractivity contribution in [3.63, 3.8) is 0 Å². The molecule has 0 aliphatic heterocycles. The molecule has 0 atom stereocenters. The minimum absolute atomic E-state index is 0.571. The Bertz CT molecular complexity index is 6440. The molecule has 0 fully saturated rings. The number of benzene rings is 18. The quantitative estimate of drug-likeness (QED) is 0.0310. The zero-order valence-electron chi connectivity index (χ0n) is 85.3. The lowest BCUT2D eigenvalue weighted by molar-refractivity contribution is 0.250. The number of hydrogen-bond donors (Lipinski definition) is 3. The first-order valence-corrected chi connectivity index (χ1v) is 49.9. The molecule has 0 radical (unpaired) electrons. The molecule has 18 aromatic carbocycles. The monoisotopic (exact) mass is 1960 g/mol. The van der Waals surface area contributed by atoms with Gasteiger partial charge in [-0.05, 0) is 203 Å². The van der Waals surface area contributed by atoms with E-state index in [2.05, 4.69) is 347 Å². The Kier molecular flexibility index (Phi) is 35.5. The average molecular weight is 1960 g/mol. The summed E-state index contributed by atoms with van der Waals surface area (Å²) in [4.78, 5) is 2.62. The molecule has 1 aromatic heterocycles. The summed E-state index contributed by atoms with van der Waals surface area (Å²) < 4.78 is 44.5. The van der Waals surface area contributed by atoms with Crippen LogP contribution in [0.15, 0.2) is 516 Å². The highest BCUT2D eigenvalue weighted by Crippen LogP contribution is 2.47. The average Bonchev–Trinajstić information content (AvgIpc) is 1.72. The van der Waals surface area contributed by atoms with Gasteiger partial charge in [0.1, 0.15) is 62.4 Å². The number of aromatic nitrogens is 2. The van der Waals surface area contributed by atoms with Crippen LogP contribution in [0.25, 0.3) is 0 Å². The van der Waals surface area contributed by atoms with Crippen LogP contribution in [0.5, 0.6) is 46.0 Å². The van der Waals surface area contributed by atoms with Gasteiger partial charge in [-0.2, -0.15) is 15.6 Å². The van der Waals surface area contributed by atoms with Gasteiger partial charge in [-0.15, -0.1) is 0 Å². The normalized spacial score (nSPS) is 11.4. The molecule has 0 aliphatic rings. The summed E-state index contributed by atoms with van der Waals surface area (Å²) in [5.41, 5.74) is 15.1. The summed E-state index contributed by atoms with van der Waals surface area (Å²) in [7, 11) is 13.1. The summed E-state index contributed by atoms with van der Waals surface area (Å²) in [6, 6.07) is 178. The van der Waals surface area contributed by atoms with Crippen molar-refractivity contribution in [1.82, 2.24) is 30.6 Å². The molecule has 16 nitrogen and oxygen atoms in total. The molecule has 0 amide bonds. The Labute approximate surface area is 876 Å². The third-order valence-electron chi connectivity index (χ3n) is 27.8. The maximum atomic E-state index is 10.4. The van der Waals surface area contributed by atoms with Crippen LogP contribution in [0.3, 0.4) is 0 Å². The minimum Gasteiger partial charge on any atom is -0.497 e. The third-order valence-corrected chi connectivity index (χ3v) is 27.8. The van der Waals surface area contributed by atoms with Crippen LogP contribution in [0.4, 0.5) is 0 Å². The van der Waals surface area contributed by atoms with Gasteiger partial charge < -0.3 is 37.9 Å². The maximum Gasteiger partial charge on any atom is 0.138 e. The maximum absolute atomic E-state index is 10.4. The zero-order chi connectivity index (χ0) is 103. The molecule has 744 valence electrons. The number of nitrogens with zero attached hydrogens (tertiary/aromatic N) is 5. The molecule has 0 bridgehead atoms. The van der Waals surface area contributed by atoms with Crippen molar-refractivity contribution < 1.29 is 37.9 Å². The highest BCUT2D eigenvalue weighted by Gasteiger charge is 2.44. The predicted molar refractivity (Wildman–Crippen MR) is 597 cm³/mol. The standard InChI is InChI=1S/C63H60N4.C25H24N2O3.C23H21NO3.C22H19NO2/c1-10-28-52(29-11-1)61(53-30-12-2-13-31-53,54-32-14-3-15-33-54)64-46-49-67(50-47-65-62(55-34-16-4-17-35-55,56-36-18-5-19-37-56)57-38-20-6-21-39-57)51-48-66-63(58-40-22-7-23-41-58,59-42-24-8-25-43-59)60-44-26-9-27-45-60;1-28-22-11-5-19(6-12-22)25(27-18-4-17-26-27,20-7-13-23(29-2)14-8-20)21-9-15-24(30-3)16-10-21;1-25-20-10-4-17(5-11-20)23(16-24,18-6-12-21(26-2)13-7-18)19-8-14-22(27-3)15-9-19;1-24-20-12-8-18(9-13-20)22(16-23,17-6-4-3-5-7-17)19-10-14-21(25-2)15-11-19/h1-45,64-66H,46-51H2;4-18H,1-3H3;4-15H,1-3H3;3-15H,1-2H3. The molecule has 3 N–H and O–H groups in total. The van der Waals surface area contributed by atoms with Gasteiger partial charge in [0.05, 0.1) is 85.6 Å². The van der Waals surface area contributed by atoms with Crippen LogP contribution in [-0.4, -0.2) is 111 Å². The lowest BCUT2D eigenvalue weighted by atomic mass is 9.70. The summed E-state index contributed by atoms with van der Waals surface area (Å²) in [6.45, 7) is 4.63. The number of rotatable bonds is 39. The molecular formula is C133H124N8O8. The van der Waals surface area contributed by atoms with E-state index in [1.807, 2.05) is 205 Å². The SMILES string of the molecule is COc1ccc(C(C#N)(c2ccc(OC)cc2)c2ccc(OC)cc2)cc1.COc1ccc(C(C#N)(c2ccccc2)c2ccc(OC)cc2)cc1.COc1ccc(C(c2ccc(OC)cc2)(c2ccc(OC)cc2)n2cccn2)cc1.c1ccc(C(NCCN(CCNC(c2ccccc2)(c2ccccc2)c2ccccc2)CCNC(c2ccccc2)(c2ccccc2)c2ccccc2)(c2ccccc2)c2ccccc2)cc1. The molecule has 0 saturated heterocycles. The van der Waals surface area contributed by atoms with Crippen molar-refractivity contribution in [2.45, 2.75) is 33.0 Å². The molecule has 19 aromatic rings. The molecule has 0 aliphatic carbocycles. The Morgan fingerprint density at radius 3 is 0.510 bits per heavy atom. The molecule has 0 unspecified atom stereocenters. The first-order chi connectivity index (χ1) is 73.4. The molecule has 16 heteroatoms. The smallest absolute Gasteiger partial charge is 0.138 e. The van der Waals surface area contributed by atoms with Crippen molar-refractivity contribution in [1.29, 1.82) is 10.5 Å². The molecule has 19 rings (SSSR count). The fourth-order valence-electron chi connectivity index (χ4n) is 20.3. The van der Waals surface area contributed by atoms with Crippen molar-refractivity contribution in [3.8, 4) is 58.1 Å². The van der Waals surface area contributed by atoms with E-state index in [0.29, 0.717) is 0 Å². The van der Waals surface area contributed by atoms with Crippen LogP contribution < -0.4 is 53.8 Å². The van der Waals surface area contributed by atoms with Crippen LogP contribution in [0.2, 0.25) is 0 Å². The van der Waals surface area contributed by atoms with Gasteiger partial charge in [0.2, 0.25) is 0 Å². The van der Waals surface area contributed by atoms with Gasteiger partial charge in [-0.3, -0.25) is 25.5 Å². The van der Waals surface area contributed by atoms with Crippen LogP contribution in [-0.2, 0) is 33.0 Å². The number of hydrogen-bond acceptors (Lipinski definition) is 15. The summed E-state index contributed by atoms with van der Waals surface area (Å²) in [5.74, 6) is 6.17. The first-order valence-electron chi connectivity index (χ1n) is 49.9. The topological polar surface area (TPSA) is 179 Å². The van der Waals surface area contributed by atoms with Gasteiger partial charge in [-0.25, -0.2) is 0 Å². The molecule has 1 heterocycles. The highest BCUT2D eigenvalue weighted by atomic mass is 16.5. The summed E-state index contributed by atoms with van der Waals surface area (Å²) in [6.07, 6.45) is 3.78. The molecule has 0 spiro atoms. The van der Waals surface area contributed by atoms with E-state index in [1.54, 1.807) is 63.1 Å². The van der Waals surface area contributed by atoms with E-state index >= 15 is 0 Å². The lowest BCUT2D eigenvalue weighted by Crippen LogP contribution is -2.52. The first kappa shape index (κ1) is 104. The van der Waals surface area contributed by atoms with Gasteiger partial charge in [0.25, 0.3) is 0 Å². The second-order valence-electron chi connectivity index (χ2n) is 35.7. The van der Waals surface area contributed by atoms with E-state index in [4.69, 9.17) is 37.9 Å². The molecule has 0 saturated carbocycles. The van der Waals surface area contributed by atoms with Gasteiger partial charge in [-0.1, -0.05) is 400 Å². The van der Waals surface area contributed by atoms with Crippen LogP contribution in [0.1, 0.15) is 100 Å². The Balaban J connectivity index is 0.000000159. The van der Waals surface area contributed by atoms with E-state index in [-0.39, 0.29) is 0 Å².